The molecule has 0 aliphatic carbocycles. The maximum atomic E-state index is 13.8. The van der Waals surface area contributed by atoms with Crippen LogP contribution in [0.15, 0.2) is 61.7 Å². The predicted molar refractivity (Wildman–Crippen MR) is 80.2 cm³/mol. The fourth-order valence-corrected chi connectivity index (χ4v) is 2.17. The van der Waals surface area contributed by atoms with Gasteiger partial charge in [-0.05, 0) is 17.5 Å². The van der Waals surface area contributed by atoms with E-state index >= 15 is 0 Å². The molecular formula is C17H16FNO. The molecule has 0 bridgehead atoms. The Bertz CT molecular complexity index is 653. The van der Waals surface area contributed by atoms with Crippen LogP contribution in [0, 0.1) is 5.82 Å². The van der Waals surface area contributed by atoms with Gasteiger partial charge in [0.1, 0.15) is 5.82 Å². The van der Waals surface area contributed by atoms with E-state index < -0.39 is 0 Å². The van der Waals surface area contributed by atoms with Crippen LogP contribution >= 0.6 is 0 Å². The minimum atomic E-state index is -0.323. The van der Waals surface area contributed by atoms with Gasteiger partial charge in [0.25, 0.3) is 5.91 Å². The molecule has 0 saturated carbocycles. The molecule has 0 radical (unpaired) electrons. The zero-order valence-corrected chi connectivity index (χ0v) is 11.2. The summed E-state index contributed by atoms with van der Waals surface area (Å²) in [6.07, 6.45) is 3.32. The Balaban J connectivity index is 2.51. The summed E-state index contributed by atoms with van der Waals surface area (Å²) in [6.45, 7) is 8.15. The molecule has 0 fully saturated rings. The molecular weight excluding hydrogens is 253 g/mol. The molecule has 3 heteroatoms. The second kappa shape index (κ2) is 6.15. The van der Waals surface area contributed by atoms with Gasteiger partial charge in [0.2, 0.25) is 0 Å². The fraction of sp³-hybridized carbons (Fsp3) is 0.118. The number of amides is 1. The maximum Gasteiger partial charge on any atom is 0.255 e. The summed E-state index contributed by atoms with van der Waals surface area (Å²) < 4.78 is 13.8. The molecule has 2 rings (SSSR count). The highest BCUT2D eigenvalue weighted by molar-refractivity contribution is 6.07. The van der Waals surface area contributed by atoms with Crippen LogP contribution in [0.5, 0.6) is 0 Å². The van der Waals surface area contributed by atoms with Crippen molar-refractivity contribution in [2.24, 2.45) is 0 Å². The number of hydrogen-bond donors (Lipinski definition) is 0. The second-order valence-electron chi connectivity index (χ2n) is 4.43. The van der Waals surface area contributed by atoms with Crippen LogP contribution in [-0.4, -0.2) is 23.9 Å². The van der Waals surface area contributed by atoms with Crippen LogP contribution in [0.2, 0.25) is 0 Å². The Morgan fingerprint density at radius 3 is 2.25 bits per heavy atom. The van der Waals surface area contributed by atoms with Gasteiger partial charge < -0.3 is 4.90 Å². The van der Waals surface area contributed by atoms with Gasteiger partial charge in [-0.25, -0.2) is 4.39 Å². The van der Waals surface area contributed by atoms with Crippen molar-refractivity contribution in [3.05, 3.63) is 73.1 Å². The predicted octanol–water partition coefficient (Wildman–Crippen LogP) is 3.79. The minimum Gasteiger partial charge on any atom is -0.331 e. The van der Waals surface area contributed by atoms with Gasteiger partial charge in [-0.15, -0.1) is 13.2 Å². The Labute approximate surface area is 117 Å². The molecule has 0 saturated heterocycles. The average Bonchev–Trinajstić information content (AvgIpc) is 2.47. The van der Waals surface area contributed by atoms with Gasteiger partial charge in [0, 0.05) is 24.0 Å². The largest absolute Gasteiger partial charge is 0.331 e. The standard InChI is InChI=1S/C17H16FNO/c1-3-11-19(12-4-2)17(20)15-9-10-16(18)14-8-6-5-7-13(14)15/h3-10H,1-2,11-12H2. The molecule has 20 heavy (non-hydrogen) atoms. The number of halogens is 1. The molecule has 102 valence electrons. The topological polar surface area (TPSA) is 20.3 Å². The lowest BCUT2D eigenvalue weighted by atomic mass is 10.0. The first-order valence-corrected chi connectivity index (χ1v) is 6.37. The lowest BCUT2D eigenvalue weighted by Crippen LogP contribution is -2.31. The Kier molecular flexibility index (Phi) is 4.31. The molecule has 2 aromatic rings. The van der Waals surface area contributed by atoms with Crippen molar-refractivity contribution in [2.75, 3.05) is 13.1 Å². The minimum absolute atomic E-state index is 0.152. The second-order valence-corrected chi connectivity index (χ2v) is 4.43. The molecule has 0 heterocycles. The zero-order chi connectivity index (χ0) is 14.5. The highest BCUT2D eigenvalue weighted by atomic mass is 19.1. The van der Waals surface area contributed by atoms with Crippen molar-refractivity contribution in [3.63, 3.8) is 0 Å². The molecule has 2 nitrogen and oxygen atoms in total. The molecule has 0 aromatic heterocycles. The van der Waals surface area contributed by atoms with E-state index in [-0.39, 0.29) is 11.7 Å². The molecule has 2 aromatic carbocycles. The summed E-state index contributed by atoms with van der Waals surface area (Å²) in [5.74, 6) is -0.475. The summed E-state index contributed by atoms with van der Waals surface area (Å²) in [5, 5.41) is 1.08. The van der Waals surface area contributed by atoms with Crippen LogP contribution in [0.25, 0.3) is 10.8 Å². The quantitative estimate of drug-likeness (QED) is 0.756. The lowest BCUT2D eigenvalue weighted by molar-refractivity contribution is 0.0793. The Hall–Kier alpha value is -2.42. The van der Waals surface area contributed by atoms with E-state index in [1.165, 1.54) is 12.1 Å². The van der Waals surface area contributed by atoms with Gasteiger partial charge >= 0.3 is 0 Å². The van der Waals surface area contributed by atoms with Gasteiger partial charge in [-0.3, -0.25) is 4.79 Å². The number of benzene rings is 2. The highest BCUT2D eigenvalue weighted by Gasteiger charge is 2.17. The van der Waals surface area contributed by atoms with Crippen molar-refractivity contribution in [1.29, 1.82) is 0 Å². The first-order valence-electron chi connectivity index (χ1n) is 6.37. The van der Waals surface area contributed by atoms with Crippen molar-refractivity contribution in [1.82, 2.24) is 4.90 Å². The molecule has 0 atom stereocenters. The van der Waals surface area contributed by atoms with E-state index in [9.17, 15) is 9.18 Å². The van der Waals surface area contributed by atoms with E-state index in [4.69, 9.17) is 0 Å². The Morgan fingerprint density at radius 2 is 1.65 bits per heavy atom. The van der Waals surface area contributed by atoms with E-state index in [1.54, 1.807) is 41.3 Å². The number of fused-ring (bicyclic) bond motifs is 1. The molecule has 1 amide bonds. The third kappa shape index (κ3) is 2.62. The monoisotopic (exact) mass is 269 g/mol. The number of nitrogens with zero attached hydrogens (tertiary/aromatic N) is 1. The molecule has 0 spiro atoms. The lowest BCUT2D eigenvalue weighted by Gasteiger charge is -2.20. The Morgan fingerprint density at radius 1 is 1.05 bits per heavy atom. The van der Waals surface area contributed by atoms with Gasteiger partial charge in [0.15, 0.2) is 0 Å². The summed E-state index contributed by atoms with van der Waals surface area (Å²) in [7, 11) is 0. The van der Waals surface area contributed by atoms with Crippen LogP contribution in [0.4, 0.5) is 4.39 Å². The van der Waals surface area contributed by atoms with Crippen LogP contribution in [-0.2, 0) is 0 Å². The van der Waals surface area contributed by atoms with Crippen LogP contribution in [0.3, 0.4) is 0 Å². The maximum absolute atomic E-state index is 13.8. The highest BCUT2D eigenvalue weighted by Crippen LogP contribution is 2.23. The summed E-state index contributed by atoms with van der Waals surface area (Å²) >= 11 is 0. The fourth-order valence-electron chi connectivity index (χ4n) is 2.17. The summed E-state index contributed by atoms with van der Waals surface area (Å²) in [4.78, 5) is 14.2. The summed E-state index contributed by atoms with van der Waals surface area (Å²) in [5.41, 5.74) is 0.491. The zero-order valence-electron chi connectivity index (χ0n) is 11.2. The molecule has 0 N–H and O–H groups in total. The average molecular weight is 269 g/mol. The van der Waals surface area contributed by atoms with E-state index in [0.717, 1.165) is 0 Å². The van der Waals surface area contributed by atoms with E-state index in [1.807, 2.05) is 0 Å². The van der Waals surface area contributed by atoms with Gasteiger partial charge in [-0.1, -0.05) is 36.4 Å². The first kappa shape index (κ1) is 14.0. The number of carbonyl (C=O) groups excluding carboxylic acids is 1. The van der Waals surface area contributed by atoms with E-state index in [2.05, 4.69) is 13.2 Å². The normalized spacial score (nSPS) is 10.2. The van der Waals surface area contributed by atoms with Crippen molar-refractivity contribution in [2.45, 2.75) is 0 Å². The van der Waals surface area contributed by atoms with Crippen LogP contribution < -0.4 is 0 Å². The van der Waals surface area contributed by atoms with Gasteiger partial charge in [0.05, 0.1) is 0 Å². The molecule has 0 aliphatic heterocycles. The summed E-state index contributed by atoms with van der Waals surface area (Å²) in [6, 6.07) is 9.84. The number of hydrogen-bond acceptors (Lipinski definition) is 1. The van der Waals surface area contributed by atoms with Gasteiger partial charge in [-0.2, -0.15) is 0 Å². The number of rotatable bonds is 5. The SMILES string of the molecule is C=CCN(CC=C)C(=O)c1ccc(F)c2ccccc12. The molecule has 0 unspecified atom stereocenters. The third-order valence-corrected chi connectivity index (χ3v) is 3.09. The van der Waals surface area contributed by atoms with Crippen molar-refractivity contribution < 1.29 is 9.18 Å². The van der Waals surface area contributed by atoms with E-state index in [0.29, 0.717) is 29.4 Å². The molecule has 0 aliphatic rings. The number of carbonyl (C=O) groups is 1. The van der Waals surface area contributed by atoms with Crippen molar-refractivity contribution in [3.8, 4) is 0 Å². The third-order valence-electron chi connectivity index (χ3n) is 3.09. The van der Waals surface area contributed by atoms with Crippen LogP contribution in [0.1, 0.15) is 10.4 Å². The van der Waals surface area contributed by atoms with Crippen molar-refractivity contribution >= 4 is 16.7 Å². The first-order chi connectivity index (χ1) is 9.69. The smallest absolute Gasteiger partial charge is 0.255 e.